The molecule has 12 heteroatoms. The van der Waals surface area contributed by atoms with Crippen LogP contribution in [-0.2, 0) is 20.9 Å². The van der Waals surface area contributed by atoms with Gasteiger partial charge in [-0.25, -0.2) is 9.78 Å². The molecule has 1 aromatic rings. The SMILES string of the molecule is CN1CCN(C(=O)CCCN2CC[C@@H](NC(=O)[C@H](CCCn3ccnc3N)NC(=O)OC(C)(C)C)C2)CC1. The largest absolute Gasteiger partial charge is 0.444 e. The van der Waals surface area contributed by atoms with Gasteiger partial charge < -0.3 is 40.4 Å². The van der Waals surface area contributed by atoms with Gasteiger partial charge in [0.2, 0.25) is 11.8 Å². The number of carbonyl (C=O) groups is 3. The van der Waals surface area contributed by atoms with E-state index >= 15 is 0 Å². The number of ether oxygens (including phenoxy) is 1. The molecule has 2 aliphatic rings. The minimum Gasteiger partial charge on any atom is -0.444 e. The first kappa shape index (κ1) is 29.7. The van der Waals surface area contributed by atoms with Gasteiger partial charge >= 0.3 is 6.09 Å². The van der Waals surface area contributed by atoms with Crippen molar-refractivity contribution in [2.45, 2.75) is 77.1 Å². The van der Waals surface area contributed by atoms with E-state index in [-0.39, 0.29) is 17.9 Å². The van der Waals surface area contributed by atoms with Crippen molar-refractivity contribution in [3.8, 4) is 0 Å². The normalized spacial score (nSPS) is 19.8. The summed E-state index contributed by atoms with van der Waals surface area (Å²) >= 11 is 0. The van der Waals surface area contributed by atoms with Gasteiger partial charge in [0.15, 0.2) is 5.95 Å². The van der Waals surface area contributed by atoms with Crippen molar-refractivity contribution in [3.05, 3.63) is 12.4 Å². The van der Waals surface area contributed by atoms with E-state index in [9.17, 15) is 14.4 Å². The van der Waals surface area contributed by atoms with Gasteiger partial charge in [-0.05, 0) is 60.0 Å². The van der Waals surface area contributed by atoms with Crippen LogP contribution in [0.1, 0.15) is 52.9 Å². The van der Waals surface area contributed by atoms with E-state index in [1.165, 1.54) is 0 Å². The molecule has 0 aliphatic carbocycles. The molecule has 38 heavy (non-hydrogen) atoms. The van der Waals surface area contributed by atoms with Crippen LogP contribution in [0.15, 0.2) is 12.4 Å². The smallest absolute Gasteiger partial charge is 0.408 e. The maximum Gasteiger partial charge on any atom is 0.408 e. The molecule has 2 atom stereocenters. The number of nitrogens with zero attached hydrogens (tertiary/aromatic N) is 5. The number of anilines is 1. The molecule has 0 spiro atoms. The number of rotatable bonds is 11. The number of imidazole rings is 1. The van der Waals surface area contributed by atoms with Crippen molar-refractivity contribution in [2.75, 3.05) is 58.6 Å². The molecule has 214 valence electrons. The summed E-state index contributed by atoms with van der Waals surface area (Å²) in [5, 5.41) is 5.86. The quantitative estimate of drug-likeness (QED) is 0.381. The molecule has 4 N–H and O–H groups in total. The number of hydrogen-bond donors (Lipinski definition) is 3. The zero-order valence-corrected chi connectivity index (χ0v) is 23.4. The van der Waals surface area contributed by atoms with E-state index in [0.717, 1.165) is 58.7 Å². The van der Waals surface area contributed by atoms with Crippen LogP contribution in [0.5, 0.6) is 0 Å². The molecule has 2 aliphatic heterocycles. The summed E-state index contributed by atoms with van der Waals surface area (Å²) in [7, 11) is 2.08. The van der Waals surface area contributed by atoms with Crippen LogP contribution in [0.4, 0.5) is 10.7 Å². The number of aryl methyl sites for hydroxylation is 1. The molecule has 0 aromatic carbocycles. The number of alkyl carbamates (subject to hydrolysis) is 1. The van der Waals surface area contributed by atoms with E-state index in [1.807, 2.05) is 9.47 Å². The first-order valence-corrected chi connectivity index (χ1v) is 13.8. The van der Waals surface area contributed by atoms with Crippen molar-refractivity contribution < 1.29 is 19.1 Å². The van der Waals surface area contributed by atoms with Gasteiger partial charge in [0.25, 0.3) is 0 Å². The lowest BCUT2D eigenvalue weighted by Crippen LogP contribution is -2.51. The molecule has 0 unspecified atom stereocenters. The van der Waals surface area contributed by atoms with Crippen LogP contribution in [-0.4, -0.2) is 113 Å². The standard InChI is InChI=1S/C26H46N8O4/c1-26(2,3)38-25(37)30-21(7-5-12-34-14-10-28-24(34)27)23(36)29-20-9-13-32(19-20)11-6-8-22(35)33-17-15-31(4)16-18-33/h10,14,20-21H,5-9,11-13,15-19H2,1-4H3,(H2,27,28)(H,29,36)(H,30,37)/t20-,21+/m1/s1. The molecule has 0 bridgehead atoms. The van der Waals surface area contributed by atoms with Crippen LogP contribution < -0.4 is 16.4 Å². The summed E-state index contributed by atoms with van der Waals surface area (Å²) in [5.41, 5.74) is 5.18. The van der Waals surface area contributed by atoms with E-state index in [4.69, 9.17) is 10.5 Å². The lowest BCUT2D eigenvalue weighted by Gasteiger charge is -2.32. The molecule has 2 saturated heterocycles. The fraction of sp³-hybridized carbons (Fsp3) is 0.769. The zero-order chi connectivity index (χ0) is 27.7. The Labute approximate surface area is 226 Å². The summed E-state index contributed by atoms with van der Waals surface area (Å²) in [4.78, 5) is 48.6. The monoisotopic (exact) mass is 534 g/mol. The molecule has 2 fully saturated rings. The highest BCUT2D eigenvalue weighted by Crippen LogP contribution is 2.13. The fourth-order valence-corrected chi connectivity index (χ4v) is 4.84. The third-order valence-electron chi connectivity index (χ3n) is 6.99. The van der Waals surface area contributed by atoms with Gasteiger partial charge in [0.05, 0.1) is 0 Å². The van der Waals surface area contributed by atoms with Crippen LogP contribution >= 0.6 is 0 Å². The summed E-state index contributed by atoms with van der Waals surface area (Å²) in [6.07, 6.45) is 6.08. The Balaban J connectivity index is 1.43. The van der Waals surface area contributed by atoms with Crippen molar-refractivity contribution in [2.24, 2.45) is 0 Å². The molecular formula is C26H46N8O4. The second kappa shape index (κ2) is 13.8. The number of likely N-dealkylation sites (N-methyl/N-ethyl adjacent to an activating group) is 1. The van der Waals surface area contributed by atoms with Crippen molar-refractivity contribution in [3.63, 3.8) is 0 Å². The minimum atomic E-state index is -0.718. The molecule has 3 rings (SSSR count). The Morgan fingerprint density at radius 1 is 1.13 bits per heavy atom. The zero-order valence-electron chi connectivity index (χ0n) is 23.4. The summed E-state index contributed by atoms with van der Waals surface area (Å²) < 4.78 is 7.19. The number of piperazine rings is 1. The Kier molecular flexibility index (Phi) is 10.8. The topological polar surface area (TPSA) is 138 Å². The maximum atomic E-state index is 13.2. The Hall–Kier alpha value is -2.86. The average Bonchev–Trinajstić information content (AvgIpc) is 3.46. The number of hydrogen-bond acceptors (Lipinski definition) is 8. The second-order valence-corrected chi connectivity index (χ2v) is 11.4. The van der Waals surface area contributed by atoms with Gasteiger partial charge in [-0.2, -0.15) is 0 Å². The number of likely N-dealkylation sites (tertiary alicyclic amines) is 1. The molecule has 0 radical (unpaired) electrons. The van der Waals surface area contributed by atoms with E-state index in [1.54, 1.807) is 33.2 Å². The van der Waals surface area contributed by atoms with Gasteiger partial charge in [-0.3, -0.25) is 9.59 Å². The highest BCUT2D eigenvalue weighted by Gasteiger charge is 2.29. The highest BCUT2D eigenvalue weighted by atomic mass is 16.6. The van der Waals surface area contributed by atoms with Crippen molar-refractivity contribution >= 4 is 23.9 Å². The average molecular weight is 535 g/mol. The van der Waals surface area contributed by atoms with Gasteiger partial charge in [-0.15, -0.1) is 0 Å². The lowest BCUT2D eigenvalue weighted by molar-refractivity contribution is -0.132. The van der Waals surface area contributed by atoms with E-state index in [2.05, 4.69) is 32.5 Å². The Morgan fingerprint density at radius 3 is 2.53 bits per heavy atom. The number of carbonyl (C=O) groups excluding carboxylic acids is 3. The Morgan fingerprint density at radius 2 is 1.87 bits per heavy atom. The van der Waals surface area contributed by atoms with Crippen molar-refractivity contribution in [1.29, 1.82) is 0 Å². The Bertz CT molecular complexity index is 923. The molecule has 3 amide bonds. The van der Waals surface area contributed by atoms with Gasteiger partial charge in [-0.1, -0.05) is 0 Å². The number of nitrogen functional groups attached to an aromatic ring is 1. The highest BCUT2D eigenvalue weighted by molar-refractivity contribution is 5.85. The number of aromatic nitrogens is 2. The summed E-state index contributed by atoms with van der Waals surface area (Å²) in [6.45, 7) is 11.9. The number of nitrogens with one attached hydrogen (secondary N) is 2. The third kappa shape index (κ3) is 9.79. The third-order valence-corrected chi connectivity index (χ3v) is 6.99. The fourth-order valence-electron chi connectivity index (χ4n) is 4.84. The van der Waals surface area contributed by atoms with Crippen LogP contribution in [0.25, 0.3) is 0 Å². The molecular weight excluding hydrogens is 488 g/mol. The van der Waals surface area contributed by atoms with Gasteiger partial charge in [0, 0.05) is 70.7 Å². The first-order chi connectivity index (χ1) is 18.0. The minimum absolute atomic E-state index is 0.00284. The molecule has 1 aromatic heterocycles. The van der Waals surface area contributed by atoms with Crippen molar-refractivity contribution in [1.82, 2.24) is 34.9 Å². The molecule has 3 heterocycles. The molecule has 0 saturated carbocycles. The summed E-state index contributed by atoms with van der Waals surface area (Å²) in [6, 6.07) is -0.715. The number of amides is 3. The second-order valence-electron chi connectivity index (χ2n) is 11.4. The van der Waals surface area contributed by atoms with E-state index in [0.29, 0.717) is 31.8 Å². The first-order valence-electron chi connectivity index (χ1n) is 13.8. The number of nitrogens with two attached hydrogens (primary N) is 1. The van der Waals surface area contributed by atoms with Crippen LogP contribution in [0.2, 0.25) is 0 Å². The van der Waals surface area contributed by atoms with Crippen LogP contribution in [0.3, 0.4) is 0 Å². The predicted molar refractivity (Wildman–Crippen MR) is 145 cm³/mol. The predicted octanol–water partition coefficient (Wildman–Crippen LogP) is 0.884. The maximum absolute atomic E-state index is 13.2. The van der Waals surface area contributed by atoms with Crippen LogP contribution in [0, 0.1) is 0 Å². The summed E-state index contributed by atoms with van der Waals surface area (Å²) in [5.74, 6) is 0.435. The lowest BCUT2D eigenvalue weighted by atomic mass is 10.1. The molecule has 12 nitrogen and oxygen atoms in total. The van der Waals surface area contributed by atoms with E-state index < -0.39 is 17.7 Å². The van der Waals surface area contributed by atoms with Gasteiger partial charge in [0.1, 0.15) is 11.6 Å².